The van der Waals surface area contributed by atoms with Gasteiger partial charge in [0.25, 0.3) is 0 Å². The standard InChI is InChI=1S/C15H21N3O2/c1-4-18-8-7-17-15(18)11-20-14-6-5-13(19-3)9-12(14)10-16-2/h5-9,16H,4,10-11H2,1-3H3. The molecule has 108 valence electrons. The van der Waals surface area contributed by atoms with Crippen LogP contribution >= 0.6 is 0 Å². The molecule has 1 N–H and O–H groups in total. The van der Waals surface area contributed by atoms with Gasteiger partial charge in [-0.05, 0) is 32.2 Å². The molecule has 1 aromatic heterocycles. The maximum atomic E-state index is 5.90. The molecule has 0 unspecified atom stereocenters. The molecule has 2 rings (SSSR count). The molecule has 1 heterocycles. The van der Waals surface area contributed by atoms with Crippen molar-refractivity contribution in [3.8, 4) is 11.5 Å². The first-order valence-electron chi connectivity index (χ1n) is 6.72. The van der Waals surface area contributed by atoms with Gasteiger partial charge in [-0.15, -0.1) is 0 Å². The zero-order valence-electron chi connectivity index (χ0n) is 12.2. The fraction of sp³-hybridized carbons (Fsp3) is 0.400. The summed E-state index contributed by atoms with van der Waals surface area (Å²) in [5.41, 5.74) is 1.07. The Kier molecular flexibility index (Phi) is 5.01. The molecule has 0 saturated carbocycles. The van der Waals surface area contributed by atoms with Crippen LogP contribution in [-0.2, 0) is 19.7 Å². The molecule has 0 spiro atoms. The Balaban J connectivity index is 2.12. The molecule has 0 saturated heterocycles. The van der Waals surface area contributed by atoms with E-state index in [1.54, 1.807) is 13.3 Å². The van der Waals surface area contributed by atoms with E-state index < -0.39 is 0 Å². The van der Waals surface area contributed by atoms with Crippen molar-refractivity contribution in [3.05, 3.63) is 42.0 Å². The van der Waals surface area contributed by atoms with Crippen LogP contribution in [0.2, 0.25) is 0 Å². The van der Waals surface area contributed by atoms with Crippen molar-refractivity contribution >= 4 is 0 Å². The molecule has 2 aromatic rings. The summed E-state index contributed by atoms with van der Waals surface area (Å²) in [6, 6.07) is 5.82. The third-order valence-corrected chi connectivity index (χ3v) is 3.13. The number of aromatic nitrogens is 2. The first kappa shape index (κ1) is 14.4. The van der Waals surface area contributed by atoms with Crippen LogP contribution in [-0.4, -0.2) is 23.7 Å². The van der Waals surface area contributed by atoms with Gasteiger partial charge in [0.1, 0.15) is 23.9 Å². The van der Waals surface area contributed by atoms with Gasteiger partial charge in [-0.1, -0.05) is 0 Å². The number of aryl methyl sites for hydroxylation is 1. The van der Waals surface area contributed by atoms with Crippen molar-refractivity contribution in [2.24, 2.45) is 0 Å². The van der Waals surface area contributed by atoms with E-state index in [0.717, 1.165) is 36.0 Å². The molecule has 20 heavy (non-hydrogen) atoms. The Hall–Kier alpha value is -2.01. The van der Waals surface area contributed by atoms with Crippen LogP contribution in [0.1, 0.15) is 18.3 Å². The molecule has 0 aliphatic heterocycles. The van der Waals surface area contributed by atoms with Gasteiger partial charge in [0, 0.05) is 31.0 Å². The summed E-state index contributed by atoms with van der Waals surface area (Å²) in [5, 5.41) is 3.14. The van der Waals surface area contributed by atoms with Crippen molar-refractivity contribution in [1.82, 2.24) is 14.9 Å². The average Bonchev–Trinajstić information content (AvgIpc) is 2.93. The Morgan fingerprint density at radius 1 is 1.35 bits per heavy atom. The van der Waals surface area contributed by atoms with Crippen LogP contribution < -0.4 is 14.8 Å². The molecule has 0 radical (unpaired) electrons. The first-order chi connectivity index (χ1) is 9.78. The Bertz CT molecular complexity index is 552. The van der Waals surface area contributed by atoms with E-state index in [1.807, 2.05) is 31.4 Å². The second-order valence-corrected chi connectivity index (χ2v) is 4.42. The summed E-state index contributed by atoms with van der Waals surface area (Å²) < 4.78 is 13.2. The van der Waals surface area contributed by atoms with E-state index in [1.165, 1.54) is 0 Å². The molecule has 0 amide bonds. The third-order valence-electron chi connectivity index (χ3n) is 3.13. The number of hydrogen-bond acceptors (Lipinski definition) is 4. The Labute approximate surface area is 119 Å². The van der Waals surface area contributed by atoms with Crippen molar-refractivity contribution in [1.29, 1.82) is 0 Å². The highest BCUT2D eigenvalue weighted by atomic mass is 16.5. The Morgan fingerprint density at radius 3 is 2.90 bits per heavy atom. The fourth-order valence-corrected chi connectivity index (χ4v) is 2.06. The van der Waals surface area contributed by atoms with Crippen LogP contribution in [0, 0.1) is 0 Å². The lowest BCUT2D eigenvalue weighted by Gasteiger charge is -2.13. The van der Waals surface area contributed by atoms with Crippen LogP contribution in [0.4, 0.5) is 0 Å². The molecule has 1 aromatic carbocycles. The van der Waals surface area contributed by atoms with Gasteiger partial charge >= 0.3 is 0 Å². The normalized spacial score (nSPS) is 10.6. The number of imidazole rings is 1. The van der Waals surface area contributed by atoms with E-state index in [4.69, 9.17) is 9.47 Å². The number of nitrogens with one attached hydrogen (secondary N) is 1. The van der Waals surface area contributed by atoms with Crippen LogP contribution in [0.15, 0.2) is 30.6 Å². The topological polar surface area (TPSA) is 48.3 Å². The number of methoxy groups -OCH3 is 1. The van der Waals surface area contributed by atoms with Gasteiger partial charge < -0.3 is 19.4 Å². The van der Waals surface area contributed by atoms with Gasteiger partial charge in [-0.3, -0.25) is 0 Å². The van der Waals surface area contributed by atoms with Gasteiger partial charge in [0.05, 0.1) is 7.11 Å². The van der Waals surface area contributed by atoms with Crippen LogP contribution in [0.3, 0.4) is 0 Å². The predicted octanol–water partition coefficient (Wildman–Crippen LogP) is 2.21. The minimum Gasteiger partial charge on any atom is -0.497 e. The summed E-state index contributed by atoms with van der Waals surface area (Å²) in [6.07, 6.45) is 3.76. The second-order valence-electron chi connectivity index (χ2n) is 4.42. The van der Waals surface area contributed by atoms with E-state index in [2.05, 4.69) is 21.8 Å². The monoisotopic (exact) mass is 275 g/mol. The van der Waals surface area contributed by atoms with Crippen molar-refractivity contribution < 1.29 is 9.47 Å². The molecule has 0 atom stereocenters. The SMILES string of the molecule is CCn1ccnc1COc1ccc(OC)cc1CNC. The molecule has 0 fully saturated rings. The minimum absolute atomic E-state index is 0.462. The van der Waals surface area contributed by atoms with Gasteiger partial charge in [-0.25, -0.2) is 4.98 Å². The lowest BCUT2D eigenvalue weighted by molar-refractivity contribution is 0.286. The third kappa shape index (κ3) is 3.30. The largest absolute Gasteiger partial charge is 0.497 e. The lowest BCUT2D eigenvalue weighted by Crippen LogP contribution is -2.10. The number of hydrogen-bond donors (Lipinski definition) is 1. The number of benzene rings is 1. The lowest BCUT2D eigenvalue weighted by atomic mass is 10.2. The zero-order valence-corrected chi connectivity index (χ0v) is 12.2. The fourth-order valence-electron chi connectivity index (χ4n) is 2.06. The first-order valence-corrected chi connectivity index (χ1v) is 6.72. The van der Waals surface area contributed by atoms with Crippen LogP contribution in [0.25, 0.3) is 0 Å². The van der Waals surface area contributed by atoms with Crippen molar-refractivity contribution in [2.45, 2.75) is 26.6 Å². The minimum atomic E-state index is 0.462. The highest BCUT2D eigenvalue weighted by molar-refractivity contribution is 5.40. The molecule has 5 nitrogen and oxygen atoms in total. The number of ether oxygens (including phenoxy) is 2. The average molecular weight is 275 g/mol. The van der Waals surface area contributed by atoms with Crippen molar-refractivity contribution in [3.63, 3.8) is 0 Å². The van der Waals surface area contributed by atoms with E-state index in [9.17, 15) is 0 Å². The Morgan fingerprint density at radius 2 is 2.20 bits per heavy atom. The van der Waals surface area contributed by atoms with E-state index in [-0.39, 0.29) is 0 Å². The zero-order chi connectivity index (χ0) is 14.4. The summed E-state index contributed by atoms with van der Waals surface area (Å²) in [7, 11) is 3.57. The maximum Gasteiger partial charge on any atom is 0.146 e. The summed E-state index contributed by atoms with van der Waals surface area (Å²) in [6.45, 7) is 4.17. The smallest absolute Gasteiger partial charge is 0.146 e. The van der Waals surface area contributed by atoms with E-state index >= 15 is 0 Å². The van der Waals surface area contributed by atoms with Gasteiger partial charge in [0.15, 0.2) is 0 Å². The number of nitrogens with zero attached hydrogens (tertiary/aromatic N) is 2. The van der Waals surface area contributed by atoms with Crippen LogP contribution in [0.5, 0.6) is 11.5 Å². The maximum absolute atomic E-state index is 5.90. The molecule has 0 bridgehead atoms. The molecular formula is C15H21N3O2. The predicted molar refractivity (Wildman–Crippen MR) is 78.0 cm³/mol. The number of rotatable bonds is 7. The summed E-state index contributed by atoms with van der Waals surface area (Å²) in [5.74, 6) is 2.61. The van der Waals surface area contributed by atoms with Crippen molar-refractivity contribution in [2.75, 3.05) is 14.2 Å². The highest BCUT2D eigenvalue weighted by Gasteiger charge is 2.07. The molecule has 0 aliphatic carbocycles. The molecule has 5 heteroatoms. The van der Waals surface area contributed by atoms with E-state index in [0.29, 0.717) is 6.61 Å². The second kappa shape index (κ2) is 6.96. The highest BCUT2D eigenvalue weighted by Crippen LogP contribution is 2.24. The quantitative estimate of drug-likeness (QED) is 0.841. The van der Waals surface area contributed by atoms with Gasteiger partial charge in [0.2, 0.25) is 0 Å². The molecule has 0 aliphatic rings. The molecular weight excluding hydrogens is 254 g/mol. The summed E-state index contributed by atoms with van der Waals surface area (Å²) in [4.78, 5) is 4.31. The van der Waals surface area contributed by atoms with Gasteiger partial charge in [-0.2, -0.15) is 0 Å². The summed E-state index contributed by atoms with van der Waals surface area (Å²) >= 11 is 0.